The highest BCUT2D eigenvalue weighted by molar-refractivity contribution is 6.39. The van der Waals surface area contributed by atoms with Gasteiger partial charge in [-0.1, -0.05) is 42.5 Å². The Morgan fingerprint density at radius 3 is 2.38 bits per heavy atom. The first-order chi connectivity index (χ1) is 12.5. The molecule has 0 fully saturated rings. The molecule has 0 aliphatic heterocycles. The Hall–Kier alpha value is -2.66. The van der Waals surface area contributed by atoms with Crippen LogP contribution in [0.4, 0.5) is 5.69 Å². The van der Waals surface area contributed by atoms with E-state index in [-0.39, 0.29) is 12.5 Å². The van der Waals surface area contributed by atoms with Crippen molar-refractivity contribution in [1.29, 1.82) is 0 Å². The topological polar surface area (TPSA) is 78.4 Å². The van der Waals surface area contributed by atoms with Gasteiger partial charge in [0.25, 0.3) is 0 Å². The molecule has 0 radical (unpaired) electrons. The molecule has 0 aliphatic rings. The molecular formula is C21H26N2O3. The van der Waals surface area contributed by atoms with E-state index in [2.05, 4.69) is 10.6 Å². The monoisotopic (exact) mass is 354 g/mol. The molecule has 26 heavy (non-hydrogen) atoms. The van der Waals surface area contributed by atoms with Gasteiger partial charge < -0.3 is 15.7 Å². The van der Waals surface area contributed by atoms with Crippen LogP contribution in [0.15, 0.2) is 48.5 Å². The van der Waals surface area contributed by atoms with Crippen LogP contribution in [0, 0.1) is 13.8 Å². The fourth-order valence-electron chi connectivity index (χ4n) is 2.86. The SMILES string of the molecule is Cc1cccc(NC(=O)C(=O)NCCC(CCO)c2ccccc2)c1C. The number of benzene rings is 2. The van der Waals surface area contributed by atoms with Crippen LogP contribution in [0.5, 0.6) is 0 Å². The zero-order chi connectivity index (χ0) is 18.9. The Morgan fingerprint density at radius 1 is 0.962 bits per heavy atom. The minimum atomic E-state index is -0.669. The van der Waals surface area contributed by atoms with E-state index in [9.17, 15) is 14.7 Å². The Labute approximate surface area is 154 Å². The summed E-state index contributed by atoms with van der Waals surface area (Å²) in [6.45, 7) is 4.32. The van der Waals surface area contributed by atoms with E-state index in [1.54, 1.807) is 6.07 Å². The Bertz CT molecular complexity index is 744. The lowest BCUT2D eigenvalue weighted by Gasteiger charge is -2.16. The average molecular weight is 354 g/mol. The number of carbonyl (C=O) groups excluding carboxylic acids is 2. The fourth-order valence-corrected chi connectivity index (χ4v) is 2.86. The molecule has 0 saturated heterocycles. The molecule has 5 heteroatoms. The van der Waals surface area contributed by atoms with Gasteiger partial charge in [0.2, 0.25) is 0 Å². The second kappa shape index (κ2) is 9.73. The standard InChI is InChI=1S/C21H26N2O3/c1-15-7-6-10-19(16(15)2)23-21(26)20(25)22-13-11-18(12-14-24)17-8-4-3-5-9-17/h3-10,18,24H,11-14H2,1-2H3,(H,22,25)(H,23,26). The van der Waals surface area contributed by atoms with E-state index in [0.717, 1.165) is 16.7 Å². The van der Waals surface area contributed by atoms with Crippen LogP contribution in [0.3, 0.4) is 0 Å². The van der Waals surface area contributed by atoms with Crippen molar-refractivity contribution >= 4 is 17.5 Å². The molecule has 0 heterocycles. The highest BCUT2D eigenvalue weighted by Crippen LogP contribution is 2.22. The smallest absolute Gasteiger partial charge is 0.313 e. The number of hydrogen-bond donors (Lipinski definition) is 3. The Morgan fingerprint density at radius 2 is 1.69 bits per heavy atom. The van der Waals surface area contributed by atoms with Crippen molar-refractivity contribution in [2.24, 2.45) is 0 Å². The Kier molecular flexibility index (Phi) is 7.36. The van der Waals surface area contributed by atoms with E-state index in [0.29, 0.717) is 25.1 Å². The third-order valence-corrected chi connectivity index (χ3v) is 4.59. The summed E-state index contributed by atoms with van der Waals surface area (Å²) in [5, 5.41) is 14.6. The number of amides is 2. The highest BCUT2D eigenvalue weighted by Gasteiger charge is 2.16. The first-order valence-electron chi connectivity index (χ1n) is 8.84. The molecule has 0 aliphatic carbocycles. The van der Waals surface area contributed by atoms with Crippen LogP contribution < -0.4 is 10.6 Å². The van der Waals surface area contributed by atoms with E-state index in [1.807, 2.05) is 56.3 Å². The van der Waals surface area contributed by atoms with Gasteiger partial charge in [0, 0.05) is 18.8 Å². The summed E-state index contributed by atoms with van der Waals surface area (Å²) in [7, 11) is 0. The lowest BCUT2D eigenvalue weighted by molar-refractivity contribution is -0.136. The highest BCUT2D eigenvalue weighted by atomic mass is 16.3. The van der Waals surface area contributed by atoms with E-state index >= 15 is 0 Å². The fraction of sp³-hybridized carbons (Fsp3) is 0.333. The number of carbonyl (C=O) groups is 2. The third kappa shape index (κ3) is 5.43. The molecule has 2 aromatic rings. The van der Waals surface area contributed by atoms with E-state index in [4.69, 9.17) is 0 Å². The van der Waals surface area contributed by atoms with Gasteiger partial charge in [-0.3, -0.25) is 9.59 Å². The first kappa shape index (κ1) is 19.7. The molecule has 1 unspecified atom stereocenters. The van der Waals surface area contributed by atoms with Gasteiger partial charge in [0.15, 0.2) is 0 Å². The second-order valence-electron chi connectivity index (χ2n) is 6.37. The van der Waals surface area contributed by atoms with Crippen molar-refractivity contribution in [3.63, 3.8) is 0 Å². The predicted molar refractivity (Wildman–Crippen MR) is 103 cm³/mol. The zero-order valence-corrected chi connectivity index (χ0v) is 15.3. The predicted octanol–water partition coefficient (Wildman–Crippen LogP) is 2.91. The van der Waals surface area contributed by atoms with Crippen LogP contribution in [0.2, 0.25) is 0 Å². The first-order valence-corrected chi connectivity index (χ1v) is 8.84. The summed E-state index contributed by atoms with van der Waals surface area (Å²) in [5.74, 6) is -1.18. The van der Waals surface area contributed by atoms with Crippen molar-refractivity contribution < 1.29 is 14.7 Å². The van der Waals surface area contributed by atoms with Gasteiger partial charge in [-0.25, -0.2) is 0 Å². The quantitative estimate of drug-likeness (QED) is 0.669. The van der Waals surface area contributed by atoms with E-state index < -0.39 is 11.8 Å². The number of nitrogens with one attached hydrogen (secondary N) is 2. The summed E-state index contributed by atoms with van der Waals surface area (Å²) in [6, 6.07) is 15.4. The summed E-state index contributed by atoms with van der Waals surface area (Å²) < 4.78 is 0. The average Bonchev–Trinajstić information content (AvgIpc) is 2.65. The van der Waals surface area contributed by atoms with Crippen molar-refractivity contribution in [3.8, 4) is 0 Å². The molecule has 0 bridgehead atoms. The normalized spacial score (nSPS) is 11.7. The van der Waals surface area contributed by atoms with Gasteiger partial charge >= 0.3 is 11.8 Å². The van der Waals surface area contributed by atoms with Gasteiger partial charge in [0.05, 0.1) is 0 Å². The molecule has 1 atom stereocenters. The minimum absolute atomic E-state index is 0.0840. The molecule has 0 aromatic heterocycles. The lowest BCUT2D eigenvalue weighted by Crippen LogP contribution is -2.36. The zero-order valence-electron chi connectivity index (χ0n) is 15.3. The maximum atomic E-state index is 12.1. The number of hydrogen-bond acceptors (Lipinski definition) is 3. The Balaban J connectivity index is 1.87. The van der Waals surface area contributed by atoms with Crippen LogP contribution in [-0.4, -0.2) is 30.1 Å². The summed E-state index contributed by atoms with van der Waals surface area (Å²) in [6.07, 6.45) is 1.28. The molecule has 0 saturated carbocycles. The minimum Gasteiger partial charge on any atom is -0.396 e. The van der Waals surface area contributed by atoms with Crippen LogP contribution in [0.25, 0.3) is 0 Å². The van der Waals surface area contributed by atoms with Crippen molar-refractivity contribution in [3.05, 3.63) is 65.2 Å². The van der Waals surface area contributed by atoms with Crippen LogP contribution >= 0.6 is 0 Å². The van der Waals surface area contributed by atoms with Gasteiger partial charge in [0.1, 0.15) is 0 Å². The lowest BCUT2D eigenvalue weighted by atomic mass is 9.93. The molecule has 3 N–H and O–H groups in total. The van der Waals surface area contributed by atoms with Crippen molar-refractivity contribution in [2.75, 3.05) is 18.5 Å². The maximum absolute atomic E-state index is 12.1. The summed E-state index contributed by atoms with van der Waals surface area (Å²) >= 11 is 0. The number of rotatable bonds is 7. The molecule has 5 nitrogen and oxygen atoms in total. The summed E-state index contributed by atoms with van der Waals surface area (Å²) in [5.41, 5.74) is 3.77. The molecule has 2 rings (SSSR count). The molecule has 2 aromatic carbocycles. The molecule has 138 valence electrons. The number of aliphatic hydroxyl groups excluding tert-OH is 1. The van der Waals surface area contributed by atoms with E-state index in [1.165, 1.54) is 0 Å². The molecule has 0 spiro atoms. The summed E-state index contributed by atoms with van der Waals surface area (Å²) in [4.78, 5) is 24.1. The van der Waals surface area contributed by atoms with Crippen molar-refractivity contribution in [2.45, 2.75) is 32.6 Å². The maximum Gasteiger partial charge on any atom is 0.313 e. The number of aliphatic hydroxyl groups is 1. The second-order valence-corrected chi connectivity index (χ2v) is 6.37. The van der Waals surface area contributed by atoms with Crippen LogP contribution in [0.1, 0.15) is 35.4 Å². The van der Waals surface area contributed by atoms with Crippen molar-refractivity contribution in [1.82, 2.24) is 5.32 Å². The largest absolute Gasteiger partial charge is 0.396 e. The number of anilines is 1. The molecule has 2 amide bonds. The number of aryl methyl sites for hydroxylation is 1. The third-order valence-electron chi connectivity index (χ3n) is 4.59. The van der Waals surface area contributed by atoms with Gasteiger partial charge in [-0.2, -0.15) is 0 Å². The van der Waals surface area contributed by atoms with Crippen LogP contribution in [-0.2, 0) is 9.59 Å². The van der Waals surface area contributed by atoms with Gasteiger partial charge in [-0.05, 0) is 55.4 Å². The molecular weight excluding hydrogens is 328 g/mol. The van der Waals surface area contributed by atoms with Gasteiger partial charge in [-0.15, -0.1) is 0 Å².